The van der Waals surface area contributed by atoms with Crippen LogP contribution < -0.4 is 11.5 Å². The van der Waals surface area contributed by atoms with Gasteiger partial charge in [0.05, 0.1) is 11.9 Å². The standard InChI is InChI=1S/C11H14N6O3S/c1-16(2)21(19,20)7-3-4-9(14-5-7)17-6-8(12)10(15-17)11(13)18/h3-6H,12H2,1-2H3,(H2,13,18). The number of hydrogen-bond donors (Lipinski definition) is 2. The Morgan fingerprint density at radius 2 is 2.00 bits per heavy atom. The van der Waals surface area contributed by atoms with Gasteiger partial charge in [-0.1, -0.05) is 0 Å². The second-order valence-corrected chi connectivity index (χ2v) is 6.53. The molecule has 4 N–H and O–H groups in total. The topological polar surface area (TPSA) is 137 Å². The molecule has 2 aromatic rings. The van der Waals surface area contributed by atoms with Crippen LogP contribution in [-0.4, -0.2) is 47.5 Å². The predicted molar refractivity (Wildman–Crippen MR) is 75.2 cm³/mol. The van der Waals surface area contributed by atoms with Gasteiger partial charge in [-0.3, -0.25) is 4.79 Å². The monoisotopic (exact) mass is 310 g/mol. The molecule has 0 bridgehead atoms. The molecule has 2 heterocycles. The summed E-state index contributed by atoms with van der Waals surface area (Å²) in [5, 5.41) is 3.90. The van der Waals surface area contributed by atoms with Crippen molar-refractivity contribution < 1.29 is 13.2 Å². The molecule has 10 heteroatoms. The summed E-state index contributed by atoms with van der Waals surface area (Å²) < 4.78 is 26.2. The van der Waals surface area contributed by atoms with Crippen LogP contribution in [0.15, 0.2) is 29.4 Å². The van der Waals surface area contributed by atoms with E-state index in [9.17, 15) is 13.2 Å². The number of carbonyl (C=O) groups is 1. The van der Waals surface area contributed by atoms with Gasteiger partial charge in [0, 0.05) is 20.3 Å². The van der Waals surface area contributed by atoms with Crippen LogP contribution in [0.3, 0.4) is 0 Å². The van der Waals surface area contributed by atoms with Crippen LogP contribution in [-0.2, 0) is 10.0 Å². The molecular formula is C11H14N6O3S. The fourth-order valence-electron chi connectivity index (χ4n) is 1.57. The Bertz CT molecular complexity index is 779. The van der Waals surface area contributed by atoms with Crippen molar-refractivity contribution in [1.82, 2.24) is 19.1 Å². The third-order valence-electron chi connectivity index (χ3n) is 2.71. The van der Waals surface area contributed by atoms with Crippen LogP contribution in [0.1, 0.15) is 10.5 Å². The molecule has 0 saturated carbocycles. The first-order chi connectivity index (χ1) is 9.73. The number of sulfonamides is 1. The zero-order chi connectivity index (χ0) is 15.8. The molecule has 0 saturated heterocycles. The number of amides is 1. The lowest BCUT2D eigenvalue weighted by Crippen LogP contribution is -2.22. The van der Waals surface area contributed by atoms with Gasteiger partial charge in [-0.25, -0.2) is 22.4 Å². The molecule has 2 rings (SSSR count). The van der Waals surface area contributed by atoms with Crippen molar-refractivity contribution in [2.45, 2.75) is 4.90 Å². The van der Waals surface area contributed by atoms with Crippen molar-refractivity contribution in [2.75, 3.05) is 19.8 Å². The Morgan fingerprint density at radius 1 is 1.33 bits per heavy atom. The van der Waals surface area contributed by atoms with Crippen molar-refractivity contribution >= 4 is 21.6 Å². The molecule has 112 valence electrons. The van der Waals surface area contributed by atoms with E-state index < -0.39 is 15.9 Å². The van der Waals surface area contributed by atoms with Crippen LogP contribution in [0.2, 0.25) is 0 Å². The summed E-state index contributed by atoms with van der Waals surface area (Å²) in [5.74, 6) is -0.440. The van der Waals surface area contributed by atoms with Crippen molar-refractivity contribution in [1.29, 1.82) is 0 Å². The lowest BCUT2D eigenvalue weighted by Gasteiger charge is -2.11. The molecule has 1 amide bonds. The summed E-state index contributed by atoms with van der Waals surface area (Å²) >= 11 is 0. The zero-order valence-electron chi connectivity index (χ0n) is 11.4. The maximum absolute atomic E-state index is 11.9. The average Bonchev–Trinajstić information content (AvgIpc) is 2.81. The van der Waals surface area contributed by atoms with E-state index in [0.717, 1.165) is 4.31 Å². The fraction of sp³-hybridized carbons (Fsp3) is 0.182. The number of carbonyl (C=O) groups excluding carboxylic acids is 1. The van der Waals surface area contributed by atoms with Gasteiger partial charge >= 0.3 is 0 Å². The molecule has 0 aromatic carbocycles. The van der Waals surface area contributed by atoms with E-state index in [2.05, 4.69) is 10.1 Å². The Hall–Kier alpha value is -2.46. The van der Waals surface area contributed by atoms with E-state index in [1.807, 2.05) is 0 Å². The van der Waals surface area contributed by atoms with E-state index in [0.29, 0.717) is 5.82 Å². The summed E-state index contributed by atoms with van der Waals surface area (Å²) in [6.45, 7) is 0. The first-order valence-corrected chi connectivity index (χ1v) is 7.21. The maximum atomic E-state index is 11.9. The quantitative estimate of drug-likeness (QED) is 0.758. The second-order valence-electron chi connectivity index (χ2n) is 4.38. The average molecular weight is 310 g/mol. The van der Waals surface area contributed by atoms with Crippen molar-refractivity contribution in [3.05, 3.63) is 30.2 Å². The minimum atomic E-state index is -3.55. The molecule has 0 aliphatic rings. The molecular weight excluding hydrogens is 296 g/mol. The lowest BCUT2D eigenvalue weighted by molar-refractivity contribution is 0.0996. The number of anilines is 1. The van der Waals surface area contributed by atoms with Gasteiger partial charge in [-0.2, -0.15) is 5.10 Å². The molecule has 0 spiro atoms. The number of nitrogens with two attached hydrogens (primary N) is 2. The normalized spacial score (nSPS) is 11.8. The Kier molecular flexibility index (Phi) is 3.66. The molecule has 2 aromatic heterocycles. The zero-order valence-corrected chi connectivity index (χ0v) is 12.2. The van der Waals surface area contributed by atoms with E-state index in [4.69, 9.17) is 11.5 Å². The van der Waals surface area contributed by atoms with Gasteiger partial charge in [0.2, 0.25) is 10.0 Å². The van der Waals surface area contributed by atoms with E-state index in [-0.39, 0.29) is 16.3 Å². The van der Waals surface area contributed by atoms with Crippen LogP contribution in [0, 0.1) is 0 Å². The highest BCUT2D eigenvalue weighted by molar-refractivity contribution is 7.89. The first-order valence-electron chi connectivity index (χ1n) is 5.77. The van der Waals surface area contributed by atoms with Crippen LogP contribution in [0.4, 0.5) is 5.69 Å². The Balaban J connectivity index is 2.40. The highest BCUT2D eigenvalue weighted by Gasteiger charge is 2.18. The minimum absolute atomic E-state index is 0.0477. The summed E-state index contributed by atoms with van der Waals surface area (Å²) in [5.41, 5.74) is 10.8. The highest BCUT2D eigenvalue weighted by Crippen LogP contribution is 2.15. The van der Waals surface area contributed by atoms with Gasteiger partial charge in [0.1, 0.15) is 4.90 Å². The molecule has 0 aliphatic heterocycles. The molecule has 0 radical (unpaired) electrons. The number of nitrogens with zero attached hydrogens (tertiary/aromatic N) is 4. The fourth-order valence-corrected chi connectivity index (χ4v) is 2.42. The molecule has 9 nitrogen and oxygen atoms in total. The highest BCUT2D eigenvalue weighted by atomic mass is 32.2. The van der Waals surface area contributed by atoms with Crippen LogP contribution in [0.25, 0.3) is 5.82 Å². The number of primary amides is 1. The van der Waals surface area contributed by atoms with E-state index in [1.165, 1.54) is 43.3 Å². The Labute approximate surface area is 121 Å². The Morgan fingerprint density at radius 3 is 2.43 bits per heavy atom. The number of aromatic nitrogens is 3. The molecule has 0 fully saturated rings. The first kappa shape index (κ1) is 14.9. The number of nitrogen functional groups attached to an aromatic ring is 1. The number of pyridine rings is 1. The second kappa shape index (κ2) is 5.14. The molecule has 0 unspecified atom stereocenters. The van der Waals surface area contributed by atoms with Gasteiger partial charge < -0.3 is 11.5 Å². The maximum Gasteiger partial charge on any atom is 0.271 e. The van der Waals surface area contributed by atoms with Crippen molar-refractivity contribution in [3.8, 4) is 5.82 Å². The molecule has 0 aliphatic carbocycles. The van der Waals surface area contributed by atoms with Gasteiger partial charge in [-0.05, 0) is 12.1 Å². The summed E-state index contributed by atoms with van der Waals surface area (Å²) in [4.78, 5) is 15.1. The lowest BCUT2D eigenvalue weighted by atomic mass is 10.4. The summed E-state index contributed by atoms with van der Waals surface area (Å²) in [6.07, 6.45) is 2.58. The molecule has 0 atom stereocenters. The van der Waals surface area contributed by atoms with E-state index in [1.54, 1.807) is 0 Å². The van der Waals surface area contributed by atoms with Crippen LogP contribution in [0.5, 0.6) is 0 Å². The van der Waals surface area contributed by atoms with Gasteiger partial charge in [-0.15, -0.1) is 0 Å². The molecule has 21 heavy (non-hydrogen) atoms. The summed E-state index contributed by atoms with van der Waals surface area (Å²) in [6, 6.07) is 2.84. The minimum Gasteiger partial charge on any atom is -0.396 e. The third kappa shape index (κ3) is 2.71. The van der Waals surface area contributed by atoms with Crippen molar-refractivity contribution in [3.63, 3.8) is 0 Å². The van der Waals surface area contributed by atoms with Gasteiger partial charge in [0.15, 0.2) is 11.5 Å². The summed E-state index contributed by atoms with van der Waals surface area (Å²) in [7, 11) is -0.696. The van der Waals surface area contributed by atoms with Crippen LogP contribution >= 0.6 is 0 Å². The predicted octanol–water partition coefficient (Wildman–Crippen LogP) is -0.801. The van der Waals surface area contributed by atoms with Crippen molar-refractivity contribution in [2.24, 2.45) is 5.73 Å². The largest absolute Gasteiger partial charge is 0.396 e. The third-order valence-corrected chi connectivity index (χ3v) is 4.51. The van der Waals surface area contributed by atoms with E-state index >= 15 is 0 Å². The smallest absolute Gasteiger partial charge is 0.271 e. The number of rotatable bonds is 4. The number of hydrogen-bond acceptors (Lipinski definition) is 6. The van der Waals surface area contributed by atoms with Gasteiger partial charge in [0.25, 0.3) is 5.91 Å². The SMILES string of the molecule is CN(C)S(=O)(=O)c1ccc(-n2cc(N)c(C(N)=O)n2)nc1.